The average molecular weight is 558 g/mol. The van der Waals surface area contributed by atoms with Gasteiger partial charge in [0.2, 0.25) is 5.91 Å². The third kappa shape index (κ3) is 3.18. The number of carbonyl (C=O) groups excluding carboxylic acids is 3. The second-order valence-corrected chi connectivity index (χ2v) is 15.7. The van der Waals surface area contributed by atoms with Gasteiger partial charge >= 0.3 is 0 Å². The highest BCUT2D eigenvalue weighted by molar-refractivity contribution is 6.05. The topological polar surface area (TPSA) is 113 Å². The highest BCUT2D eigenvalue weighted by Gasteiger charge is 2.75. The molecule has 0 saturated heterocycles. The monoisotopic (exact) mass is 557 g/mol. The van der Waals surface area contributed by atoms with Gasteiger partial charge in [0.1, 0.15) is 18.0 Å². The lowest BCUT2D eigenvalue weighted by Gasteiger charge is -2.71. The molecule has 1 N–H and O–H groups in total. The van der Waals surface area contributed by atoms with Crippen molar-refractivity contribution in [3.8, 4) is 6.07 Å². The van der Waals surface area contributed by atoms with E-state index in [-0.39, 0.29) is 40.3 Å². The highest BCUT2D eigenvalue weighted by Crippen LogP contribution is 2.75. The second kappa shape index (κ2) is 8.16. The molecular weight excluding hydrogens is 514 g/mol. The summed E-state index contributed by atoms with van der Waals surface area (Å²) in [6.45, 7) is 14.4. The van der Waals surface area contributed by atoms with E-state index < -0.39 is 32.7 Å². The van der Waals surface area contributed by atoms with E-state index in [1.54, 1.807) is 18.5 Å². The van der Waals surface area contributed by atoms with Gasteiger partial charge in [0.05, 0.1) is 5.57 Å². The lowest BCUT2D eigenvalue weighted by Crippen LogP contribution is -2.74. The minimum absolute atomic E-state index is 0.0464. The van der Waals surface area contributed by atoms with Crippen molar-refractivity contribution in [1.29, 1.82) is 5.26 Å². The van der Waals surface area contributed by atoms with Gasteiger partial charge in [-0.05, 0) is 73.3 Å². The quantitative estimate of drug-likeness (QED) is 0.463. The summed E-state index contributed by atoms with van der Waals surface area (Å²) in [7, 11) is 0. The number of allylic oxidation sites excluding steroid dienone is 3. The van der Waals surface area contributed by atoms with E-state index in [0.717, 1.165) is 31.3 Å². The number of carbonyl (C=O) groups is 3. The summed E-state index contributed by atoms with van der Waals surface area (Å²) in [4.78, 5) is 45.6. The molecule has 1 aromatic heterocycles. The van der Waals surface area contributed by atoms with Crippen LogP contribution in [0.2, 0.25) is 0 Å². The molecule has 5 aliphatic rings. The number of nitrogens with zero attached hydrogens (tertiary/aromatic N) is 3. The van der Waals surface area contributed by atoms with Gasteiger partial charge in [-0.1, -0.05) is 54.5 Å². The Labute approximate surface area is 243 Å². The highest BCUT2D eigenvalue weighted by atomic mass is 16.3. The Morgan fingerprint density at radius 3 is 2.34 bits per heavy atom. The average Bonchev–Trinajstić information content (AvgIpc) is 3.46. The molecule has 1 aromatic rings. The summed E-state index contributed by atoms with van der Waals surface area (Å²) >= 11 is 0. The van der Waals surface area contributed by atoms with E-state index in [1.807, 2.05) is 26.8 Å². The van der Waals surface area contributed by atoms with Crippen LogP contribution < -0.4 is 0 Å². The maximum absolute atomic E-state index is 14.6. The van der Waals surface area contributed by atoms with E-state index in [0.29, 0.717) is 19.3 Å². The maximum Gasteiger partial charge on any atom is 0.237 e. The third-order valence-electron chi connectivity index (χ3n) is 13.5. The zero-order valence-electron chi connectivity index (χ0n) is 25.5. The summed E-state index contributed by atoms with van der Waals surface area (Å²) in [5.41, 5.74) is -4.23. The van der Waals surface area contributed by atoms with Crippen LogP contribution in [0.3, 0.4) is 0 Å². The molecule has 0 aliphatic heterocycles. The Kier molecular flexibility index (Phi) is 5.63. The van der Waals surface area contributed by atoms with E-state index in [4.69, 9.17) is 0 Å². The van der Waals surface area contributed by atoms with Crippen LogP contribution in [0.25, 0.3) is 0 Å². The van der Waals surface area contributed by atoms with E-state index in [1.165, 1.54) is 10.9 Å². The molecule has 0 aromatic carbocycles. The number of fused-ring (bicyclic) bond motifs is 7. The first kappa shape index (κ1) is 28.3. The van der Waals surface area contributed by atoms with Crippen molar-refractivity contribution in [3.63, 3.8) is 0 Å². The summed E-state index contributed by atoms with van der Waals surface area (Å²) < 4.78 is 1.53. The number of ketones is 2. The Balaban J connectivity index is 1.51. The molecule has 3 fully saturated rings. The number of rotatable bonds is 1. The Morgan fingerprint density at radius 1 is 1.02 bits per heavy atom. The number of hydrogen-bond acceptors (Lipinski definition) is 6. The fourth-order valence-corrected chi connectivity index (χ4v) is 10.6. The first-order valence-electron chi connectivity index (χ1n) is 15.1. The first-order valence-corrected chi connectivity index (χ1v) is 15.1. The van der Waals surface area contributed by atoms with Gasteiger partial charge in [0.15, 0.2) is 11.6 Å². The summed E-state index contributed by atoms with van der Waals surface area (Å²) in [6.07, 6.45) is 13.3. The molecule has 6 rings (SSSR count). The van der Waals surface area contributed by atoms with Gasteiger partial charge in [-0.2, -0.15) is 5.26 Å². The molecule has 7 heteroatoms. The minimum atomic E-state index is -1.64. The Hall–Kier alpha value is -2.85. The molecule has 0 radical (unpaired) electrons. The third-order valence-corrected chi connectivity index (χ3v) is 13.5. The molecule has 218 valence electrons. The minimum Gasteiger partial charge on any atom is -0.381 e. The molecule has 7 nitrogen and oxygen atoms in total. The van der Waals surface area contributed by atoms with E-state index in [9.17, 15) is 24.8 Å². The molecule has 0 unspecified atom stereocenters. The van der Waals surface area contributed by atoms with Crippen LogP contribution in [-0.4, -0.2) is 37.7 Å². The predicted octanol–water partition coefficient (Wildman–Crippen LogP) is 5.86. The lowest BCUT2D eigenvalue weighted by molar-refractivity contribution is -0.241. The van der Waals surface area contributed by atoms with Crippen molar-refractivity contribution >= 4 is 17.5 Å². The van der Waals surface area contributed by atoms with Crippen LogP contribution in [0.4, 0.5) is 0 Å². The van der Waals surface area contributed by atoms with Crippen LogP contribution in [0, 0.1) is 55.7 Å². The molecular formula is C34H43N3O4. The molecule has 8 atom stereocenters. The van der Waals surface area contributed by atoms with Crippen molar-refractivity contribution in [2.24, 2.45) is 44.3 Å². The maximum atomic E-state index is 14.6. The normalized spacial score (nSPS) is 46.6. The van der Waals surface area contributed by atoms with Crippen LogP contribution in [-0.2, 0) is 9.59 Å². The Morgan fingerprint density at radius 2 is 1.71 bits per heavy atom. The molecule has 1 heterocycles. The summed E-state index contributed by atoms with van der Waals surface area (Å²) in [5.74, 6) is -0.904. The van der Waals surface area contributed by atoms with Crippen molar-refractivity contribution in [2.75, 3.05) is 0 Å². The molecule has 0 spiro atoms. The number of nitriles is 1. The van der Waals surface area contributed by atoms with Gasteiger partial charge in [0.25, 0.3) is 0 Å². The van der Waals surface area contributed by atoms with Crippen molar-refractivity contribution in [1.82, 2.24) is 9.55 Å². The van der Waals surface area contributed by atoms with Crippen LogP contribution >= 0.6 is 0 Å². The SMILES string of the molecule is CC1(C)C(=O)C(C#N)=C[C@]2(C)C3=CC(=O)[C@]4(O)[C@@H]5C[C@@](C)(C(=O)n6ccnc6)CC[C@]5(C)CC[C@@]4(C)[C@]3(C)CC[C@@H]12. The van der Waals surface area contributed by atoms with Gasteiger partial charge in [0, 0.05) is 40.0 Å². The van der Waals surface area contributed by atoms with Gasteiger partial charge < -0.3 is 5.11 Å². The van der Waals surface area contributed by atoms with Crippen molar-refractivity contribution in [2.45, 2.75) is 99.0 Å². The van der Waals surface area contributed by atoms with Crippen LogP contribution in [0.5, 0.6) is 0 Å². The molecule has 0 amide bonds. The largest absolute Gasteiger partial charge is 0.381 e. The summed E-state index contributed by atoms with van der Waals surface area (Å²) in [5, 5.41) is 22.9. The zero-order chi connectivity index (χ0) is 30.0. The smallest absolute Gasteiger partial charge is 0.237 e. The summed E-state index contributed by atoms with van der Waals surface area (Å²) in [6, 6.07) is 2.15. The predicted molar refractivity (Wildman–Crippen MR) is 153 cm³/mol. The van der Waals surface area contributed by atoms with Gasteiger partial charge in [-0.3, -0.25) is 19.0 Å². The standard InChI is InChI=1S/C34H43N3O4/c1-28(2)22-8-9-32(6)23(31(22,5)17-21(19-35)26(28)39)16-25(38)34(41)24-18-30(4,27(40)37-15-14-36-20-37)11-10-29(24,3)12-13-33(32,34)7/h14-17,20,22,24,41H,8-13,18H2,1-7H3/t22-,24+,29+,30-,31-,32+,33-,34+/m0/s1. The van der Waals surface area contributed by atoms with Crippen LogP contribution in [0.1, 0.15) is 98.2 Å². The first-order chi connectivity index (χ1) is 18.9. The Bertz CT molecular complexity index is 1480. The van der Waals surface area contributed by atoms with E-state index in [2.05, 4.69) is 38.7 Å². The number of imidazole rings is 1. The molecule has 5 aliphatic carbocycles. The van der Waals surface area contributed by atoms with Crippen LogP contribution in [0.15, 0.2) is 42.0 Å². The molecule has 3 saturated carbocycles. The zero-order valence-corrected chi connectivity index (χ0v) is 25.5. The van der Waals surface area contributed by atoms with E-state index >= 15 is 0 Å². The van der Waals surface area contributed by atoms with Crippen molar-refractivity contribution in [3.05, 3.63) is 42.0 Å². The lowest BCUT2D eigenvalue weighted by atomic mass is 9.33. The number of hydrogen-bond donors (Lipinski definition) is 1. The fourth-order valence-electron chi connectivity index (χ4n) is 10.6. The molecule has 41 heavy (non-hydrogen) atoms. The molecule has 0 bridgehead atoms. The number of Topliss-reactive ketones (excluding diaryl/α,β-unsaturated/α-hetero) is 1. The number of aliphatic hydroxyl groups is 1. The van der Waals surface area contributed by atoms with Gasteiger partial charge in [-0.15, -0.1) is 0 Å². The second-order valence-electron chi connectivity index (χ2n) is 15.7. The van der Waals surface area contributed by atoms with Gasteiger partial charge in [-0.25, -0.2) is 4.98 Å². The number of aromatic nitrogens is 2. The fraction of sp³-hybridized carbons (Fsp3) is 0.676. The van der Waals surface area contributed by atoms with Crippen molar-refractivity contribution < 1.29 is 19.5 Å².